The molecule has 1 aromatic heterocycles. The summed E-state index contributed by atoms with van der Waals surface area (Å²) >= 11 is 0. The predicted molar refractivity (Wildman–Crippen MR) is 72.9 cm³/mol. The molecule has 0 bridgehead atoms. The highest BCUT2D eigenvalue weighted by Gasteiger charge is 2.21. The van der Waals surface area contributed by atoms with Crippen LogP contribution in [0.2, 0.25) is 0 Å². The molecule has 9 heteroatoms. The molecule has 110 valence electrons. The summed E-state index contributed by atoms with van der Waals surface area (Å²) in [5.41, 5.74) is 0.667. The van der Waals surface area contributed by atoms with E-state index in [0.717, 1.165) is 0 Å². The van der Waals surface area contributed by atoms with Gasteiger partial charge in [-0.1, -0.05) is 28.2 Å². The van der Waals surface area contributed by atoms with Crippen LogP contribution in [0.4, 0.5) is 5.95 Å². The Bertz CT molecular complexity index is 759. The van der Waals surface area contributed by atoms with Crippen LogP contribution in [0.25, 0.3) is 11.1 Å². The van der Waals surface area contributed by atoms with Crippen molar-refractivity contribution in [3.8, 4) is 11.1 Å². The van der Waals surface area contributed by atoms with Gasteiger partial charge in [-0.3, -0.25) is 4.18 Å². The molecule has 2 rings (SSSR count). The fourth-order valence-corrected chi connectivity index (χ4v) is 2.83. The Balaban J connectivity index is 2.52. The molecule has 8 nitrogen and oxygen atoms in total. The van der Waals surface area contributed by atoms with Gasteiger partial charge in [0.15, 0.2) is 0 Å². The lowest BCUT2D eigenvalue weighted by molar-refractivity contribution is -0.394. The van der Waals surface area contributed by atoms with E-state index in [2.05, 4.69) is 9.97 Å². The van der Waals surface area contributed by atoms with Crippen LogP contribution in [0.15, 0.2) is 41.6 Å². The van der Waals surface area contributed by atoms with Crippen LogP contribution in [-0.2, 0) is 14.3 Å². The second-order valence-electron chi connectivity index (χ2n) is 3.89. The first kappa shape index (κ1) is 15.0. The highest BCUT2D eigenvalue weighted by atomic mass is 32.2. The zero-order valence-corrected chi connectivity index (χ0v) is 11.8. The number of benzene rings is 1. The summed E-state index contributed by atoms with van der Waals surface area (Å²) in [6, 6.07) is 6.14. The molecule has 0 saturated heterocycles. The quantitative estimate of drug-likeness (QED) is 0.470. The van der Waals surface area contributed by atoms with Gasteiger partial charge in [0, 0.05) is 5.56 Å². The predicted octanol–water partition coefficient (Wildman–Crippen LogP) is 1.78. The Morgan fingerprint density at radius 1 is 1.24 bits per heavy atom. The van der Waals surface area contributed by atoms with E-state index in [0.29, 0.717) is 11.1 Å². The van der Waals surface area contributed by atoms with Crippen LogP contribution in [0.1, 0.15) is 6.92 Å². The first-order valence-electron chi connectivity index (χ1n) is 5.91. The fraction of sp³-hybridized carbons (Fsp3) is 0.167. The molecule has 0 saturated carbocycles. The van der Waals surface area contributed by atoms with Crippen molar-refractivity contribution in [1.29, 1.82) is 0 Å². The van der Waals surface area contributed by atoms with E-state index in [1.54, 1.807) is 25.1 Å². The van der Waals surface area contributed by atoms with Crippen LogP contribution in [0.5, 0.6) is 0 Å². The molecule has 0 radical (unpaired) electrons. The normalized spacial score (nSPS) is 11.3. The lowest BCUT2D eigenvalue weighted by atomic mass is 10.1. The zero-order chi connectivity index (χ0) is 15.5. The number of rotatable bonds is 5. The monoisotopic (exact) mass is 309 g/mol. The van der Waals surface area contributed by atoms with Crippen molar-refractivity contribution in [2.45, 2.75) is 11.8 Å². The van der Waals surface area contributed by atoms with Gasteiger partial charge in [0.1, 0.15) is 17.3 Å². The van der Waals surface area contributed by atoms with Gasteiger partial charge in [0.2, 0.25) is 0 Å². The largest absolute Gasteiger partial charge is 0.468 e. The van der Waals surface area contributed by atoms with E-state index in [1.165, 1.54) is 18.5 Å². The third kappa shape index (κ3) is 3.20. The fourth-order valence-electron chi connectivity index (χ4n) is 1.70. The third-order valence-electron chi connectivity index (χ3n) is 2.54. The Morgan fingerprint density at radius 3 is 2.43 bits per heavy atom. The van der Waals surface area contributed by atoms with Crippen molar-refractivity contribution in [2.75, 3.05) is 6.61 Å². The van der Waals surface area contributed by atoms with Crippen molar-refractivity contribution in [3.63, 3.8) is 0 Å². The summed E-state index contributed by atoms with van der Waals surface area (Å²) < 4.78 is 28.8. The molecule has 0 amide bonds. The maximum absolute atomic E-state index is 12.0. The van der Waals surface area contributed by atoms with E-state index >= 15 is 0 Å². The van der Waals surface area contributed by atoms with Gasteiger partial charge >= 0.3 is 5.95 Å². The Labute approximate surface area is 120 Å². The second kappa shape index (κ2) is 5.94. The molecule has 0 N–H and O–H groups in total. The number of nitrogens with zero attached hydrogens (tertiary/aromatic N) is 3. The van der Waals surface area contributed by atoms with E-state index in [1.807, 2.05) is 0 Å². The molecule has 2 aromatic rings. The lowest BCUT2D eigenvalue weighted by Crippen LogP contribution is -2.07. The summed E-state index contributed by atoms with van der Waals surface area (Å²) in [4.78, 5) is 16.9. The SMILES string of the molecule is CCOS(=O)(=O)c1ccccc1-c1cnc([N+](=O)[O-])nc1. The van der Waals surface area contributed by atoms with Crippen molar-refractivity contribution >= 4 is 16.1 Å². The minimum absolute atomic E-state index is 0.00737. The molecule has 0 fully saturated rings. The van der Waals surface area contributed by atoms with Gasteiger partial charge < -0.3 is 10.1 Å². The van der Waals surface area contributed by atoms with Gasteiger partial charge in [-0.15, -0.1) is 0 Å². The molecule has 21 heavy (non-hydrogen) atoms. The van der Waals surface area contributed by atoms with Crippen LogP contribution in [0.3, 0.4) is 0 Å². The smallest absolute Gasteiger partial charge is 0.390 e. The third-order valence-corrected chi connectivity index (χ3v) is 3.98. The first-order chi connectivity index (χ1) is 9.95. The van der Waals surface area contributed by atoms with Crippen molar-refractivity contribution in [1.82, 2.24) is 9.97 Å². The number of aromatic nitrogens is 2. The summed E-state index contributed by atoms with van der Waals surface area (Å²) in [7, 11) is -3.91. The molecular formula is C12H11N3O5S. The minimum Gasteiger partial charge on any atom is -0.390 e. The molecule has 0 aliphatic rings. The molecule has 0 atom stereocenters. The van der Waals surface area contributed by atoms with Crippen LogP contribution in [-0.4, -0.2) is 29.9 Å². The lowest BCUT2D eigenvalue weighted by Gasteiger charge is -2.08. The van der Waals surface area contributed by atoms with Crippen molar-refractivity contribution in [3.05, 3.63) is 46.8 Å². The number of hydrogen-bond donors (Lipinski definition) is 0. The van der Waals surface area contributed by atoms with E-state index in [9.17, 15) is 18.5 Å². The highest BCUT2D eigenvalue weighted by molar-refractivity contribution is 7.87. The maximum Gasteiger partial charge on any atom is 0.468 e. The van der Waals surface area contributed by atoms with Gasteiger partial charge in [0.05, 0.1) is 12.2 Å². The maximum atomic E-state index is 12.0. The Kier molecular flexibility index (Phi) is 4.24. The van der Waals surface area contributed by atoms with Crippen molar-refractivity contribution in [2.24, 2.45) is 0 Å². The molecule has 0 aliphatic heterocycles. The first-order valence-corrected chi connectivity index (χ1v) is 7.32. The van der Waals surface area contributed by atoms with Gasteiger partial charge in [-0.2, -0.15) is 8.42 Å². The standard InChI is InChI=1S/C12H11N3O5S/c1-2-20-21(18,19)11-6-4-3-5-10(11)9-7-13-12(14-8-9)15(16)17/h3-8H,2H2,1H3. The summed E-state index contributed by atoms with van der Waals surface area (Å²) in [6.45, 7) is 1.57. The summed E-state index contributed by atoms with van der Waals surface area (Å²) in [5, 5.41) is 10.5. The van der Waals surface area contributed by atoms with E-state index in [4.69, 9.17) is 4.18 Å². The highest BCUT2D eigenvalue weighted by Crippen LogP contribution is 2.27. The molecule has 1 heterocycles. The van der Waals surface area contributed by atoms with E-state index in [-0.39, 0.29) is 11.5 Å². The van der Waals surface area contributed by atoms with Crippen LogP contribution < -0.4 is 0 Å². The number of hydrogen-bond acceptors (Lipinski definition) is 7. The minimum atomic E-state index is -3.91. The molecule has 0 unspecified atom stereocenters. The second-order valence-corrected chi connectivity index (χ2v) is 5.47. The van der Waals surface area contributed by atoms with Crippen LogP contribution in [0, 0.1) is 10.1 Å². The average molecular weight is 309 g/mol. The van der Waals surface area contributed by atoms with Crippen LogP contribution >= 0.6 is 0 Å². The topological polar surface area (TPSA) is 112 Å². The van der Waals surface area contributed by atoms with Gasteiger partial charge in [-0.25, -0.2) is 0 Å². The average Bonchev–Trinajstić information content (AvgIpc) is 2.47. The van der Waals surface area contributed by atoms with E-state index < -0.39 is 21.0 Å². The van der Waals surface area contributed by atoms with Crippen molar-refractivity contribution < 1.29 is 17.5 Å². The molecule has 0 spiro atoms. The summed E-state index contributed by atoms with van der Waals surface area (Å²) in [6.07, 6.45) is 2.40. The number of nitro groups is 1. The molecule has 0 aliphatic carbocycles. The Hall–Kier alpha value is -2.39. The summed E-state index contributed by atoms with van der Waals surface area (Å²) in [5.74, 6) is -0.552. The molecule has 1 aromatic carbocycles. The molecular weight excluding hydrogens is 298 g/mol. The van der Waals surface area contributed by atoms with Gasteiger partial charge in [-0.05, 0) is 17.9 Å². The zero-order valence-electron chi connectivity index (χ0n) is 11.0. The Morgan fingerprint density at radius 2 is 1.86 bits per heavy atom. The van der Waals surface area contributed by atoms with Gasteiger partial charge in [0.25, 0.3) is 10.1 Å².